The van der Waals surface area contributed by atoms with Crippen LogP contribution in [0.4, 0.5) is 11.4 Å². The van der Waals surface area contributed by atoms with Crippen LogP contribution in [0, 0.1) is 0 Å². The van der Waals surface area contributed by atoms with Gasteiger partial charge in [-0.2, -0.15) is 0 Å². The van der Waals surface area contributed by atoms with Crippen molar-refractivity contribution in [2.75, 3.05) is 30.9 Å². The number of hydrogen-bond acceptors (Lipinski definition) is 6. The predicted octanol–water partition coefficient (Wildman–Crippen LogP) is 2.70. The molecule has 1 amide bonds. The molecule has 0 atom stereocenters. The van der Waals surface area contributed by atoms with Crippen LogP contribution < -0.4 is 10.6 Å². The standard InChI is InChI=1S/C19H20N2O5/c1-3-25-18(23)13-8-10-14(11-9-13)21-17(22)12-26-19(24)15-6-4-5-7-16(15)20-2/h4-11,20H,3,12H2,1-2H3,(H,21,22). The van der Waals surface area contributed by atoms with Crippen molar-refractivity contribution >= 4 is 29.2 Å². The van der Waals surface area contributed by atoms with Gasteiger partial charge in [0.1, 0.15) is 0 Å². The van der Waals surface area contributed by atoms with E-state index in [1.807, 2.05) is 0 Å². The maximum Gasteiger partial charge on any atom is 0.340 e. The Kier molecular flexibility index (Phi) is 6.73. The van der Waals surface area contributed by atoms with Gasteiger partial charge in [0.15, 0.2) is 6.61 Å². The molecular formula is C19H20N2O5. The summed E-state index contributed by atoms with van der Waals surface area (Å²) in [5.41, 5.74) is 1.84. The number of rotatable bonds is 7. The highest BCUT2D eigenvalue weighted by molar-refractivity contribution is 5.98. The molecule has 0 aromatic heterocycles. The average molecular weight is 356 g/mol. The maximum absolute atomic E-state index is 12.1. The minimum absolute atomic E-state index is 0.291. The first kappa shape index (κ1) is 19.0. The minimum Gasteiger partial charge on any atom is -0.462 e. The van der Waals surface area contributed by atoms with Crippen molar-refractivity contribution in [1.29, 1.82) is 0 Å². The first-order valence-corrected chi connectivity index (χ1v) is 8.06. The van der Waals surface area contributed by atoms with Gasteiger partial charge in [0.05, 0.1) is 17.7 Å². The van der Waals surface area contributed by atoms with E-state index in [0.717, 1.165) is 0 Å². The van der Waals surface area contributed by atoms with Gasteiger partial charge in [-0.05, 0) is 43.3 Å². The van der Waals surface area contributed by atoms with Crippen LogP contribution in [0.25, 0.3) is 0 Å². The van der Waals surface area contributed by atoms with E-state index in [4.69, 9.17) is 9.47 Å². The Morgan fingerprint density at radius 2 is 1.62 bits per heavy atom. The Labute approximate surface area is 151 Å². The molecule has 26 heavy (non-hydrogen) atoms. The molecule has 2 N–H and O–H groups in total. The molecule has 0 saturated heterocycles. The van der Waals surface area contributed by atoms with E-state index in [0.29, 0.717) is 29.1 Å². The fraction of sp³-hybridized carbons (Fsp3) is 0.211. The van der Waals surface area contributed by atoms with Crippen LogP contribution in [0.3, 0.4) is 0 Å². The molecule has 2 rings (SSSR count). The number of ether oxygens (including phenoxy) is 2. The van der Waals surface area contributed by atoms with Crippen molar-refractivity contribution in [2.24, 2.45) is 0 Å². The molecular weight excluding hydrogens is 336 g/mol. The van der Waals surface area contributed by atoms with Crippen LogP contribution in [0.5, 0.6) is 0 Å². The van der Waals surface area contributed by atoms with Crippen molar-refractivity contribution in [3.63, 3.8) is 0 Å². The van der Waals surface area contributed by atoms with E-state index in [9.17, 15) is 14.4 Å². The monoisotopic (exact) mass is 356 g/mol. The molecule has 2 aromatic rings. The molecule has 0 bridgehead atoms. The Morgan fingerprint density at radius 1 is 0.923 bits per heavy atom. The summed E-state index contributed by atoms with van der Waals surface area (Å²) in [7, 11) is 1.69. The number of esters is 2. The van der Waals surface area contributed by atoms with Crippen molar-refractivity contribution in [2.45, 2.75) is 6.92 Å². The zero-order valence-electron chi connectivity index (χ0n) is 14.6. The number of hydrogen-bond donors (Lipinski definition) is 2. The van der Waals surface area contributed by atoms with Crippen LogP contribution in [0.15, 0.2) is 48.5 Å². The lowest BCUT2D eigenvalue weighted by atomic mass is 10.2. The van der Waals surface area contributed by atoms with Gasteiger partial charge in [-0.25, -0.2) is 9.59 Å². The lowest BCUT2D eigenvalue weighted by molar-refractivity contribution is -0.119. The average Bonchev–Trinajstić information content (AvgIpc) is 2.66. The van der Waals surface area contributed by atoms with E-state index in [1.165, 1.54) is 0 Å². The summed E-state index contributed by atoms with van der Waals surface area (Å²) < 4.78 is 9.92. The number of para-hydroxylation sites is 1. The summed E-state index contributed by atoms with van der Waals surface area (Å²) in [6, 6.07) is 13.1. The SMILES string of the molecule is CCOC(=O)c1ccc(NC(=O)COC(=O)c2ccccc2NC)cc1. The molecule has 0 spiro atoms. The fourth-order valence-corrected chi connectivity index (χ4v) is 2.19. The van der Waals surface area contributed by atoms with Crippen LogP contribution in [0.2, 0.25) is 0 Å². The summed E-state index contributed by atoms with van der Waals surface area (Å²) >= 11 is 0. The largest absolute Gasteiger partial charge is 0.462 e. The van der Waals surface area contributed by atoms with Gasteiger partial charge < -0.3 is 20.1 Å². The highest BCUT2D eigenvalue weighted by Gasteiger charge is 2.14. The third kappa shape index (κ3) is 5.07. The molecule has 0 aliphatic carbocycles. The van der Waals surface area contributed by atoms with Crippen molar-refractivity contribution < 1.29 is 23.9 Å². The van der Waals surface area contributed by atoms with Crippen LogP contribution in [-0.4, -0.2) is 38.1 Å². The van der Waals surface area contributed by atoms with Crippen molar-refractivity contribution in [3.05, 3.63) is 59.7 Å². The molecule has 7 nitrogen and oxygen atoms in total. The summed E-state index contributed by atoms with van der Waals surface area (Å²) in [4.78, 5) is 35.6. The van der Waals surface area contributed by atoms with Crippen LogP contribution in [0.1, 0.15) is 27.6 Å². The Morgan fingerprint density at radius 3 is 2.27 bits per heavy atom. The molecule has 136 valence electrons. The summed E-state index contributed by atoms with van der Waals surface area (Å²) in [5, 5.41) is 5.48. The number of anilines is 2. The Bertz CT molecular complexity index is 787. The van der Waals surface area contributed by atoms with Gasteiger partial charge in [0, 0.05) is 18.4 Å². The van der Waals surface area contributed by atoms with Gasteiger partial charge in [0.25, 0.3) is 5.91 Å². The number of carbonyl (C=O) groups is 3. The van der Waals surface area contributed by atoms with Crippen LogP contribution in [-0.2, 0) is 14.3 Å². The maximum atomic E-state index is 12.1. The molecule has 2 aromatic carbocycles. The van der Waals surface area contributed by atoms with Crippen LogP contribution >= 0.6 is 0 Å². The lowest BCUT2D eigenvalue weighted by Gasteiger charge is -2.09. The van der Waals surface area contributed by atoms with Gasteiger partial charge in [-0.15, -0.1) is 0 Å². The second kappa shape index (κ2) is 9.22. The fourth-order valence-electron chi connectivity index (χ4n) is 2.19. The van der Waals surface area contributed by atoms with Gasteiger partial charge in [-0.3, -0.25) is 4.79 Å². The normalized spacial score (nSPS) is 9.92. The van der Waals surface area contributed by atoms with E-state index in [1.54, 1.807) is 62.5 Å². The second-order valence-electron chi connectivity index (χ2n) is 5.22. The second-order valence-corrected chi connectivity index (χ2v) is 5.22. The summed E-state index contributed by atoms with van der Waals surface area (Å²) in [6.07, 6.45) is 0. The molecule has 0 saturated carbocycles. The molecule has 0 fully saturated rings. The van der Waals surface area contributed by atoms with Gasteiger partial charge >= 0.3 is 11.9 Å². The van der Waals surface area contributed by atoms with E-state index in [2.05, 4.69) is 10.6 Å². The van der Waals surface area contributed by atoms with E-state index in [-0.39, 0.29) is 0 Å². The third-order valence-electron chi connectivity index (χ3n) is 3.43. The van der Waals surface area contributed by atoms with Crippen molar-refractivity contribution in [1.82, 2.24) is 0 Å². The summed E-state index contributed by atoms with van der Waals surface area (Å²) in [6.45, 7) is 1.60. The quantitative estimate of drug-likeness (QED) is 0.741. The summed E-state index contributed by atoms with van der Waals surface area (Å²) in [5.74, 6) is -1.51. The smallest absolute Gasteiger partial charge is 0.340 e. The van der Waals surface area contributed by atoms with Gasteiger partial charge in [0.2, 0.25) is 0 Å². The topological polar surface area (TPSA) is 93.7 Å². The highest BCUT2D eigenvalue weighted by atomic mass is 16.5. The molecule has 0 unspecified atom stereocenters. The minimum atomic E-state index is -0.595. The number of amides is 1. The third-order valence-corrected chi connectivity index (χ3v) is 3.43. The van der Waals surface area contributed by atoms with E-state index >= 15 is 0 Å². The molecule has 0 aliphatic rings. The lowest BCUT2D eigenvalue weighted by Crippen LogP contribution is -2.21. The number of nitrogens with one attached hydrogen (secondary N) is 2. The first-order chi connectivity index (χ1) is 12.5. The molecule has 0 heterocycles. The first-order valence-electron chi connectivity index (χ1n) is 8.06. The number of benzene rings is 2. The highest BCUT2D eigenvalue weighted by Crippen LogP contribution is 2.15. The zero-order valence-corrected chi connectivity index (χ0v) is 14.6. The zero-order chi connectivity index (χ0) is 18.9. The van der Waals surface area contributed by atoms with Gasteiger partial charge in [-0.1, -0.05) is 12.1 Å². The predicted molar refractivity (Wildman–Crippen MR) is 97.3 cm³/mol. The number of carbonyl (C=O) groups excluding carboxylic acids is 3. The van der Waals surface area contributed by atoms with Crippen molar-refractivity contribution in [3.8, 4) is 0 Å². The molecule has 0 radical (unpaired) electrons. The van der Waals surface area contributed by atoms with E-state index < -0.39 is 24.5 Å². The molecule has 7 heteroatoms. The Balaban J connectivity index is 1.88. The molecule has 0 aliphatic heterocycles. The Hall–Kier alpha value is -3.35.